The molecule has 0 aliphatic carbocycles. The topological polar surface area (TPSA) is 54.2 Å². The zero-order valence-corrected chi connectivity index (χ0v) is 12.9. The van der Waals surface area contributed by atoms with Crippen LogP contribution in [0.4, 0.5) is 13.2 Å². The van der Waals surface area contributed by atoms with Gasteiger partial charge in [0.05, 0.1) is 6.54 Å². The summed E-state index contributed by atoms with van der Waals surface area (Å²) in [6, 6.07) is 4.81. The smallest absolute Gasteiger partial charge is 0.319 e. The first-order valence-corrected chi connectivity index (χ1v) is 7.00. The molecule has 2 N–H and O–H groups in total. The predicted molar refractivity (Wildman–Crippen MR) is 81.7 cm³/mol. The van der Waals surface area contributed by atoms with Crippen molar-refractivity contribution in [1.29, 1.82) is 0 Å². The van der Waals surface area contributed by atoms with Crippen molar-refractivity contribution < 1.29 is 13.2 Å². The number of hydrogen-bond donors (Lipinski definition) is 2. The molecule has 2 aromatic rings. The van der Waals surface area contributed by atoms with Crippen LogP contribution in [0.15, 0.2) is 35.6 Å². The van der Waals surface area contributed by atoms with E-state index in [0.29, 0.717) is 18.1 Å². The molecule has 23 heavy (non-hydrogen) atoms. The fraction of sp³-hybridized carbons (Fsp3) is 0.333. The Hall–Kier alpha value is -2.51. The minimum Gasteiger partial charge on any atom is -0.352 e. The van der Waals surface area contributed by atoms with E-state index in [-0.39, 0.29) is 18.2 Å². The third-order valence-corrected chi connectivity index (χ3v) is 3.28. The number of guanidine groups is 1. The van der Waals surface area contributed by atoms with E-state index in [0.717, 1.165) is 10.1 Å². The van der Waals surface area contributed by atoms with Gasteiger partial charge in [0.2, 0.25) is 0 Å². The average molecular weight is 325 g/mol. The SMILES string of the molecule is CN=C(NCc1ccc(F)c(C)c1)NCc1nccn1C(F)F. The molecular formula is C15H18F3N5. The van der Waals surface area contributed by atoms with Crippen molar-refractivity contribution in [3.63, 3.8) is 0 Å². The molecule has 124 valence electrons. The van der Waals surface area contributed by atoms with E-state index in [2.05, 4.69) is 20.6 Å². The lowest BCUT2D eigenvalue weighted by Crippen LogP contribution is -2.37. The quantitative estimate of drug-likeness (QED) is 0.656. The Balaban J connectivity index is 1.90. The van der Waals surface area contributed by atoms with Gasteiger partial charge in [0.15, 0.2) is 5.96 Å². The van der Waals surface area contributed by atoms with Crippen molar-refractivity contribution in [3.8, 4) is 0 Å². The highest BCUT2D eigenvalue weighted by atomic mass is 19.3. The first-order chi connectivity index (χ1) is 11.0. The van der Waals surface area contributed by atoms with Gasteiger partial charge in [-0.3, -0.25) is 9.56 Å². The molecule has 8 heteroatoms. The number of rotatable bonds is 5. The van der Waals surface area contributed by atoms with Gasteiger partial charge in [-0.25, -0.2) is 9.37 Å². The van der Waals surface area contributed by atoms with Gasteiger partial charge in [-0.05, 0) is 24.1 Å². The molecule has 1 aromatic heterocycles. The standard InChI is InChI=1S/C15H18F3N5/c1-10-7-11(3-4-12(10)16)8-21-15(19-2)22-9-13-20-5-6-23(13)14(17)18/h3-7,14H,8-9H2,1-2H3,(H2,19,21,22). The minimum absolute atomic E-state index is 0.111. The number of imidazole rings is 1. The molecular weight excluding hydrogens is 307 g/mol. The summed E-state index contributed by atoms with van der Waals surface area (Å²) in [5.41, 5.74) is 1.45. The molecule has 1 heterocycles. The van der Waals surface area contributed by atoms with Crippen molar-refractivity contribution in [2.24, 2.45) is 4.99 Å². The summed E-state index contributed by atoms with van der Waals surface area (Å²) in [7, 11) is 1.57. The number of aliphatic imine (C=N–C) groups is 1. The van der Waals surface area contributed by atoms with E-state index in [1.807, 2.05) is 0 Å². The van der Waals surface area contributed by atoms with Crippen molar-refractivity contribution in [2.45, 2.75) is 26.6 Å². The van der Waals surface area contributed by atoms with Crippen LogP contribution in [0.3, 0.4) is 0 Å². The minimum atomic E-state index is -2.63. The van der Waals surface area contributed by atoms with Crippen LogP contribution in [-0.4, -0.2) is 22.6 Å². The first-order valence-electron chi connectivity index (χ1n) is 7.00. The Morgan fingerprint density at radius 1 is 1.30 bits per heavy atom. The summed E-state index contributed by atoms with van der Waals surface area (Å²) in [5, 5.41) is 5.95. The number of halogens is 3. The van der Waals surface area contributed by atoms with Gasteiger partial charge in [0.25, 0.3) is 0 Å². The van der Waals surface area contributed by atoms with Crippen molar-refractivity contribution in [2.75, 3.05) is 7.05 Å². The highest BCUT2D eigenvalue weighted by molar-refractivity contribution is 5.79. The molecule has 5 nitrogen and oxygen atoms in total. The number of benzene rings is 1. The molecule has 0 unspecified atom stereocenters. The van der Waals surface area contributed by atoms with Crippen LogP contribution in [0, 0.1) is 12.7 Å². The second kappa shape index (κ2) is 7.66. The fourth-order valence-electron chi connectivity index (χ4n) is 2.04. The van der Waals surface area contributed by atoms with E-state index in [4.69, 9.17) is 0 Å². The monoisotopic (exact) mass is 325 g/mol. The second-order valence-electron chi connectivity index (χ2n) is 4.89. The molecule has 1 aromatic carbocycles. The van der Waals surface area contributed by atoms with Gasteiger partial charge in [-0.2, -0.15) is 8.78 Å². The maximum absolute atomic E-state index is 13.2. The molecule has 0 atom stereocenters. The van der Waals surface area contributed by atoms with Gasteiger partial charge in [-0.15, -0.1) is 0 Å². The van der Waals surface area contributed by atoms with Crippen LogP contribution in [-0.2, 0) is 13.1 Å². The number of aromatic nitrogens is 2. The van der Waals surface area contributed by atoms with Gasteiger partial charge < -0.3 is 10.6 Å². The zero-order chi connectivity index (χ0) is 16.8. The Morgan fingerprint density at radius 2 is 2.04 bits per heavy atom. The van der Waals surface area contributed by atoms with Crippen LogP contribution < -0.4 is 10.6 Å². The molecule has 0 saturated heterocycles. The molecule has 0 aliphatic heterocycles. The fourth-order valence-corrected chi connectivity index (χ4v) is 2.04. The molecule has 0 aliphatic rings. The number of hydrogen-bond acceptors (Lipinski definition) is 2. The van der Waals surface area contributed by atoms with Crippen molar-refractivity contribution in [3.05, 3.63) is 53.4 Å². The summed E-state index contributed by atoms with van der Waals surface area (Å²) in [4.78, 5) is 7.89. The number of nitrogens with zero attached hydrogens (tertiary/aromatic N) is 3. The number of aryl methyl sites for hydroxylation is 1. The lowest BCUT2D eigenvalue weighted by Gasteiger charge is -2.13. The van der Waals surface area contributed by atoms with Crippen molar-refractivity contribution in [1.82, 2.24) is 20.2 Å². The van der Waals surface area contributed by atoms with E-state index in [1.165, 1.54) is 18.5 Å². The molecule has 0 bridgehead atoms. The molecule has 0 amide bonds. The van der Waals surface area contributed by atoms with Crippen LogP contribution in [0.25, 0.3) is 0 Å². The van der Waals surface area contributed by atoms with Crippen molar-refractivity contribution >= 4 is 5.96 Å². The molecule has 0 fully saturated rings. The predicted octanol–water partition coefficient (Wildman–Crippen LogP) is 2.59. The molecule has 2 rings (SSSR count). The molecule has 0 saturated carbocycles. The summed E-state index contributed by atoms with van der Waals surface area (Å²) in [6.45, 7) is -0.397. The van der Waals surface area contributed by atoms with Gasteiger partial charge >= 0.3 is 6.55 Å². The van der Waals surface area contributed by atoms with Crippen LogP contribution in [0.5, 0.6) is 0 Å². The van der Waals surface area contributed by atoms with E-state index in [1.54, 1.807) is 26.1 Å². The maximum atomic E-state index is 13.2. The van der Waals surface area contributed by atoms with Crippen LogP contribution in [0.1, 0.15) is 23.5 Å². The average Bonchev–Trinajstić information content (AvgIpc) is 2.99. The Kier molecular flexibility index (Phi) is 5.61. The largest absolute Gasteiger partial charge is 0.352 e. The summed E-state index contributed by atoms with van der Waals surface area (Å²) in [5.74, 6) is 0.395. The third-order valence-electron chi connectivity index (χ3n) is 3.28. The highest BCUT2D eigenvalue weighted by Crippen LogP contribution is 2.12. The number of nitrogens with one attached hydrogen (secondary N) is 2. The molecule has 0 spiro atoms. The first kappa shape index (κ1) is 16.9. The zero-order valence-electron chi connectivity index (χ0n) is 12.9. The Morgan fingerprint density at radius 3 is 2.70 bits per heavy atom. The number of alkyl halides is 2. The van der Waals surface area contributed by atoms with E-state index >= 15 is 0 Å². The summed E-state index contributed by atoms with van der Waals surface area (Å²) in [6.07, 6.45) is 2.54. The lowest BCUT2D eigenvalue weighted by molar-refractivity contribution is 0.0668. The molecule has 0 radical (unpaired) electrons. The normalized spacial score (nSPS) is 11.8. The summed E-state index contributed by atoms with van der Waals surface area (Å²) >= 11 is 0. The van der Waals surface area contributed by atoms with E-state index < -0.39 is 6.55 Å². The van der Waals surface area contributed by atoms with E-state index in [9.17, 15) is 13.2 Å². The Labute approximate surface area is 132 Å². The van der Waals surface area contributed by atoms with Gasteiger partial charge in [-0.1, -0.05) is 12.1 Å². The second-order valence-corrected chi connectivity index (χ2v) is 4.89. The summed E-state index contributed by atoms with van der Waals surface area (Å²) < 4.78 is 39.5. The van der Waals surface area contributed by atoms with Crippen LogP contribution in [0.2, 0.25) is 0 Å². The lowest BCUT2D eigenvalue weighted by atomic mass is 10.1. The maximum Gasteiger partial charge on any atom is 0.319 e. The highest BCUT2D eigenvalue weighted by Gasteiger charge is 2.11. The van der Waals surface area contributed by atoms with Gasteiger partial charge in [0, 0.05) is 26.0 Å². The van der Waals surface area contributed by atoms with Gasteiger partial charge in [0.1, 0.15) is 11.6 Å². The third kappa shape index (κ3) is 4.48. The van der Waals surface area contributed by atoms with Crippen LogP contribution >= 0.6 is 0 Å². The Bertz CT molecular complexity index is 682.